The van der Waals surface area contributed by atoms with Gasteiger partial charge in [0, 0.05) is 5.70 Å². The van der Waals surface area contributed by atoms with Crippen LogP contribution >= 0.6 is 0 Å². The Morgan fingerprint density at radius 2 is 1.50 bits per heavy atom. The lowest BCUT2D eigenvalue weighted by Crippen LogP contribution is -2.49. The number of allylic oxidation sites excluding steroid dienone is 1. The van der Waals surface area contributed by atoms with E-state index in [0.717, 1.165) is 30.9 Å². The van der Waals surface area contributed by atoms with Crippen molar-refractivity contribution >= 4 is 11.9 Å². The van der Waals surface area contributed by atoms with Crippen LogP contribution in [0.1, 0.15) is 40.8 Å². The fourth-order valence-electron chi connectivity index (χ4n) is 4.46. The minimum atomic E-state index is -4.70. The van der Waals surface area contributed by atoms with Gasteiger partial charge in [0.1, 0.15) is 0 Å². The summed E-state index contributed by atoms with van der Waals surface area (Å²) in [7, 11) is 1.12. The van der Waals surface area contributed by atoms with E-state index in [0.29, 0.717) is 5.56 Å². The Hall–Kier alpha value is -4.28. The summed E-state index contributed by atoms with van der Waals surface area (Å²) in [6.45, 7) is 1.68. The monoisotopic (exact) mass is 561 g/mol. The van der Waals surface area contributed by atoms with Crippen molar-refractivity contribution in [1.29, 1.82) is 0 Å². The predicted octanol–water partition coefficient (Wildman–Crippen LogP) is 6.87. The molecule has 0 saturated carbocycles. The number of hydrogen-bond donors (Lipinski definition) is 1. The van der Waals surface area contributed by atoms with Gasteiger partial charge in [-0.2, -0.15) is 26.3 Å². The van der Waals surface area contributed by atoms with E-state index in [-0.39, 0.29) is 35.9 Å². The van der Waals surface area contributed by atoms with Crippen LogP contribution in [-0.2, 0) is 35.0 Å². The van der Waals surface area contributed by atoms with Crippen LogP contribution in [-0.4, -0.2) is 23.9 Å². The van der Waals surface area contributed by atoms with Gasteiger partial charge in [0.2, 0.25) is 0 Å². The van der Waals surface area contributed by atoms with Gasteiger partial charge in [0.05, 0.1) is 42.9 Å². The van der Waals surface area contributed by atoms with E-state index < -0.39 is 35.5 Å². The summed E-state index contributed by atoms with van der Waals surface area (Å²) in [6.07, 6.45) is -9.22. The van der Waals surface area contributed by atoms with Crippen LogP contribution in [0.2, 0.25) is 0 Å². The maximum atomic E-state index is 14.0. The first-order chi connectivity index (χ1) is 18.9. The number of guanidine groups is 1. The van der Waals surface area contributed by atoms with Crippen molar-refractivity contribution in [3.8, 4) is 0 Å². The van der Waals surface area contributed by atoms with E-state index >= 15 is 0 Å². The highest BCUT2D eigenvalue weighted by Gasteiger charge is 2.41. The molecule has 1 aliphatic rings. The van der Waals surface area contributed by atoms with Crippen molar-refractivity contribution in [3.05, 3.63) is 118 Å². The first-order valence-corrected chi connectivity index (χ1v) is 12.1. The number of ether oxygens (including phenoxy) is 1. The minimum Gasteiger partial charge on any atom is -0.466 e. The van der Waals surface area contributed by atoms with Crippen molar-refractivity contribution in [3.63, 3.8) is 0 Å². The number of rotatable bonds is 6. The van der Waals surface area contributed by atoms with Gasteiger partial charge in [-0.1, -0.05) is 60.7 Å². The average Bonchev–Trinajstić information content (AvgIpc) is 2.92. The number of aliphatic imine (C=N–C) groups is 1. The number of benzene rings is 3. The zero-order chi connectivity index (χ0) is 29.1. The largest absolute Gasteiger partial charge is 0.466 e. The number of nitrogens with one attached hydrogen (secondary N) is 1. The second kappa shape index (κ2) is 11.4. The van der Waals surface area contributed by atoms with E-state index in [9.17, 15) is 31.1 Å². The molecule has 3 aromatic rings. The fourth-order valence-corrected chi connectivity index (χ4v) is 4.46. The molecule has 0 amide bonds. The normalized spacial score (nSPS) is 17.1. The van der Waals surface area contributed by atoms with Crippen LogP contribution in [0, 0.1) is 0 Å². The first-order valence-electron chi connectivity index (χ1n) is 12.1. The molecule has 3 aromatic carbocycles. The highest BCUT2D eigenvalue weighted by atomic mass is 19.4. The van der Waals surface area contributed by atoms with Crippen molar-refractivity contribution in [2.45, 2.75) is 38.4 Å². The Morgan fingerprint density at radius 3 is 2.10 bits per heavy atom. The molecule has 11 heteroatoms. The Kier molecular flexibility index (Phi) is 8.22. The molecule has 210 valence electrons. The number of methoxy groups -OCH3 is 1. The molecule has 0 bridgehead atoms. The summed E-state index contributed by atoms with van der Waals surface area (Å²) in [6, 6.07) is 17.2. The zero-order valence-electron chi connectivity index (χ0n) is 21.5. The topological polar surface area (TPSA) is 53.9 Å². The van der Waals surface area contributed by atoms with Gasteiger partial charge < -0.3 is 15.0 Å². The van der Waals surface area contributed by atoms with Gasteiger partial charge in [0.15, 0.2) is 5.96 Å². The molecule has 0 saturated heterocycles. The molecule has 1 heterocycles. The quantitative estimate of drug-likeness (QED) is 0.264. The highest BCUT2D eigenvalue weighted by Crippen LogP contribution is 2.40. The number of hydrogen-bond acceptors (Lipinski definition) is 3. The van der Waals surface area contributed by atoms with Crippen molar-refractivity contribution < 1.29 is 35.9 Å². The number of nitrogens with zero attached hydrogens (tertiary/aromatic N) is 2. The van der Waals surface area contributed by atoms with E-state index in [4.69, 9.17) is 4.74 Å². The molecular formula is C29H25F6N3O2. The van der Waals surface area contributed by atoms with Gasteiger partial charge >= 0.3 is 18.3 Å². The van der Waals surface area contributed by atoms with Gasteiger partial charge in [-0.05, 0) is 41.8 Å². The molecule has 0 radical (unpaired) electrons. The summed E-state index contributed by atoms with van der Waals surface area (Å²) in [5, 5.41) is 2.99. The number of carbonyl (C=O) groups excluding carboxylic acids is 1. The third-order valence-corrected chi connectivity index (χ3v) is 6.47. The molecule has 1 unspecified atom stereocenters. The summed E-state index contributed by atoms with van der Waals surface area (Å²) in [4.78, 5) is 19.1. The molecule has 4 rings (SSSR count). The van der Waals surface area contributed by atoms with E-state index in [2.05, 4.69) is 10.3 Å². The molecule has 1 atom stereocenters. The summed E-state index contributed by atoms with van der Waals surface area (Å²) in [5.74, 6) is -0.706. The minimum absolute atomic E-state index is 0.0152. The Labute approximate surface area is 226 Å². The fraction of sp³-hybridized carbons (Fsp3) is 0.241. The van der Waals surface area contributed by atoms with Crippen LogP contribution in [0.15, 0.2) is 95.1 Å². The van der Waals surface area contributed by atoms with Crippen molar-refractivity contribution in [2.75, 3.05) is 7.11 Å². The smallest absolute Gasteiger partial charge is 0.416 e. The number of carbonyl (C=O) groups is 1. The van der Waals surface area contributed by atoms with Crippen LogP contribution in [0.3, 0.4) is 0 Å². The molecule has 0 fully saturated rings. The lowest BCUT2D eigenvalue weighted by Gasteiger charge is -2.38. The SMILES string of the molecule is COC(=O)C1=C(C)N(Cc2ccc(C(F)(F)F)cc2)C(=NCc2ccccc2)NC1c1ccccc1C(F)(F)F. The summed E-state index contributed by atoms with van der Waals surface area (Å²) < 4.78 is 86.1. The van der Waals surface area contributed by atoms with E-state index in [1.54, 1.807) is 11.8 Å². The van der Waals surface area contributed by atoms with Gasteiger partial charge in [0.25, 0.3) is 0 Å². The second-order valence-electron chi connectivity index (χ2n) is 9.06. The number of esters is 1. The molecule has 1 N–H and O–H groups in total. The van der Waals surface area contributed by atoms with Crippen molar-refractivity contribution in [2.24, 2.45) is 4.99 Å². The summed E-state index contributed by atoms with van der Waals surface area (Å²) >= 11 is 0. The van der Waals surface area contributed by atoms with Crippen LogP contribution in [0.5, 0.6) is 0 Å². The van der Waals surface area contributed by atoms with Gasteiger partial charge in [-0.25, -0.2) is 9.79 Å². The molecular weight excluding hydrogens is 536 g/mol. The second-order valence-corrected chi connectivity index (χ2v) is 9.06. The highest BCUT2D eigenvalue weighted by molar-refractivity contribution is 5.96. The van der Waals surface area contributed by atoms with Gasteiger partial charge in [-0.15, -0.1) is 0 Å². The lowest BCUT2D eigenvalue weighted by molar-refractivity contribution is -0.140. The lowest BCUT2D eigenvalue weighted by atomic mass is 9.91. The Morgan fingerprint density at radius 1 is 0.875 bits per heavy atom. The standard InChI is InChI=1S/C29H25F6N3O2/c1-18-24(26(39)40-2)25(22-10-6-7-11-23(22)29(33,34)35)37-27(36-16-19-8-4-3-5-9-19)38(18)17-20-12-14-21(15-13-20)28(30,31)32/h3-15,25H,16-17H2,1-2H3,(H,36,37). The maximum absolute atomic E-state index is 14.0. The number of alkyl halides is 6. The molecule has 40 heavy (non-hydrogen) atoms. The number of halogens is 6. The molecule has 0 spiro atoms. The molecule has 0 aromatic heterocycles. The third kappa shape index (κ3) is 6.30. The van der Waals surface area contributed by atoms with Gasteiger partial charge in [-0.3, -0.25) is 0 Å². The molecule has 5 nitrogen and oxygen atoms in total. The zero-order valence-corrected chi connectivity index (χ0v) is 21.5. The third-order valence-electron chi connectivity index (χ3n) is 6.47. The van der Waals surface area contributed by atoms with Crippen LogP contribution in [0.4, 0.5) is 26.3 Å². The predicted molar refractivity (Wildman–Crippen MR) is 137 cm³/mol. The first kappa shape index (κ1) is 28.7. The molecule has 0 aliphatic carbocycles. The van der Waals surface area contributed by atoms with E-state index in [1.165, 1.54) is 30.3 Å². The van der Waals surface area contributed by atoms with Crippen LogP contribution in [0.25, 0.3) is 0 Å². The van der Waals surface area contributed by atoms with E-state index in [1.807, 2.05) is 30.3 Å². The average molecular weight is 562 g/mol. The Balaban J connectivity index is 1.84. The Bertz CT molecular complexity index is 1410. The maximum Gasteiger partial charge on any atom is 0.416 e. The van der Waals surface area contributed by atoms with Crippen molar-refractivity contribution in [1.82, 2.24) is 10.2 Å². The summed E-state index contributed by atoms with van der Waals surface area (Å²) in [5.41, 5.74) is -0.503. The molecule has 1 aliphatic heterocycles. The van der Waals surface area contributed by atoms with Crippen LogP contribution < -0.4 is 5.32 Å².